The molecule has 2 atom stereocenters. The summed E-state index contributed by atoms with van der Waals surface area (Å²) in [6.45, 7) is 10.6. The van der Waals surface area contributed by atoms with E-state index in [2.05, 4.69) is 31.4 Å². The Hall–Kier alpha value is -1.63. The molecule has 0 aliphatic carbocycles. The Bertz CT molecular complexity index is 676. The van der Waals surface area contributed by atoms with Gasteiger partial charge >= 0.3 is 0 Å². The van der Waals surface area contributed by atoms with Gasteiger partial charge in [-0.1, -0.05) is 0 Å². The van der Waals surface area contributed by atoms with Gasteiger partial charge in [-0.3, -0.25) is 14.2 Å². The number of carbonyl (C=O) groups is 1. The van der Waals surface area contributed by atoms with E-state index in [4.69, 9.17) is 0 Å². The minimum absolute atomic E-state index is 0.0603. The van der Waals surface area contributed by atoms with Crippen molar-refractivity contribution in [2.45, 2.75) is 53.2 Å². The summed E-state index contributed by atoms with van der Waals surface area (Å²) < 4.78 is 4.55. The molecule has 120 valence electrons. The third-order valence-electron chi connectivity index (χ3n) is 4.00. The van der Waals surface area contributed by atoms with Crippen LogP contribution in [0.4, 0.5) is 0 Å². The maximum atomic E-state index is 12.5. The van der Waals surface area contributed by atoms with Crippen LogP contribution in [0.3, 0.4) is 0 Å². The maximum absolute atomic E-state index is 12.5. The monoisotopic (exact) mass is 367 g/mol. The van der Waals surface area contributed by atoms with Gasteiger partial charge in [0.2, 0.25) is 5.91 Å². The first kappa shape index (κ1) is 16.7. The zero-order valence-corrected chi connectivity index (χ0v) is 15.2. The fraction of sp³-hybridized carbons (Fsp3) is 0.533. The fourth-order valence-electron chi connectivity index (χ4n) is 2.52. The summed E-state index contributed by atoms with van der Waals surface area (Å²) in [5.74, 6) is -0.0603. The molecule has 7 heteroatoms. The van der Waals surface area contributed by atoms with E-state index >= 15 is 0 Å². The van der Waals surface area contributed by atoms with Gasteiger partial charge in [-0.05, 0) is 50.5 Å². The van der Waals surface area contributed by atoms with Gasteiger partial charge in [0.15, 0.2) is 0 Å². The molecule has 22 heavy (non-hydrogen) atoms. The molecule has 0 aliphatic heterocycles. The van der Waals surface area contributed by atoms with Gasteiger partial charge in [0, 0.05) is 17.8 Å². The summed E-state index contributed by atoms with van der Waals surface area (Å²) in [6.07, 6.45) is 3.53. The minimum Gasteiger partial charge on any atom is -0.348 e. The van der Waals surface area contributed by atoms with Crippen LogP contribution in [0.25, 0.3) is 0 Å². The molecule has 0 fully saturated rings. The molecule has 0 bridgehead atoms. The Morgan fingerprint density at radius 2 is 1.95 bits per heavy atom. The van der Waals surface area contributed by atoms with Crippen LogP contribution >= 0.6 is 15.9 Å². The van der Waals surface area contributed by atoms with Crippen LogP contribution in [0.5, 0.6) is 0 Å². The van der Waals surface area contributed by atoms with Gasteiger partial charge in [0.1, 0.15) is 6.04 Å². The van der Waals surface area contributed by atoms with E-state index in [0.29, 0.717) is 0 Å². The lowest BCUT2D eigenvalue weighted by atomic mass is 10.1. The Morgan fingerprint density at radius 1 is 1.27 bits per heavy atom. The van der Waals surface area contributed by atoms with Crippen molar-refractivity contribution in [3.8, 4) is 0 Å². The third-order valence-corrected chi connectivity index (χ3v) is 4.78. The van der Waals surface area contributed by atoms with Crippen LogP contribution in [0.15, 0.2) is 16.9 Å². The summed E-state index contributed by atoms with van der Waals surface area (Å²) in [5.41, 5.74) is 3.06. The summed E-state index contributed by atoms with van der Waals surface area (Å²) >= 11 is 3.42. The average molecular weight is 368 g/mol. The van der Waals surface area contributed by atoms with Gasteiger partial charge in [-0.2, -0.15) is 10.2 Å². The van der Waals surface area contributed by atoms with Crippen molar-refractivity contribution >= 4 is 21.8 Å². The second-order valence-electron chi connectivity index (χ2n) is 5.43. The number of hydrogen-bond acceptors (Lipinski definition) is 3. The largest absolute Gasteiger partial charge is 0.348 e. The molecule has 2 unspecified atom stereocenters. The smallest absolute Gasteiger partial charge is 0.245 e. The zero-order valence-electron chi connectivity index (χ0n) is 13.6. The standard InChI is InChI=1S/C15H22BrN5O/c1-6-20-10(3)13(7-17-20)9(2)19-15(22)12(5)21-11(4)14(16)8-18-21/h7-9,12H,6H2,1-5H3,(H,19,22). The Morgan fingerprint density at radius 3 is 2.45 bits per heavy atom. The van der Waals surface area contributed by atoms with Crippen LogP contribution in [0, 0.1) is 13.8 Å². The Kier molecular flexibility index (Phi) is 5.05. The molecule has 1 N–H and O–H groups in total. The van der Waals surface area contributed by atoms with Gasteiger partial charge in [-0.15, -0.1) is 0 Å². The van der Waals surface area contributed by atoms with Crippen molar-refractivity contribution in [1.82, 2.24) is 24.9 Å². The van der Waals surface area contributed by atoms with Gasteiger partial charge in [0.25, 0.3) is 0 Å². The van der Waals surface area contributed by atoms with Crippen LogP contribution in [-0.4, -0.2) is 25.5 Å². The topological polar surface area (TPSA) is 64.7 Å². The highest BCUT2D eigenvalue weighted by molar-refractivity contribution is 9.10. The SMILES string of the molecule is CCn1ncc(C(C)NC(=O)C(C)n2ncc(Br)c2C)c1C. The second-order valence-corrected chi connectivity index (χ2v) is 6.28. The molecule has 2 aromatic heterocycles. The molecular formula is C15H22BrN5O. The number of nitrogens with zero attached hydrogens (tertiary/aromatic N) is 4. The first-order chi connectivity index (χ1) is 10.4. The van der Waals surface area contributed by atoms with E-state index in [1.54, 1.807) is 10.9 Å². The summed E-state index contributed by atoms with van der Waals surface area (Å²) in [6, 6.07) is -0.454. The normalized spacial score (nSPS) is 13.9. The highest BCUT2D eigenvalue weighted by atomic mass is 79.9. The molecule has 0 saturated heterocycles. The van der Waals surface area contributed by atoms with Crippen LogP contribution < -0.4 is 5.32 Å². The Balaban J connectivity index is 2.10. The molecule has 0 radical (unpaired) electrons. The predicted molar refractivity (Wildman–Crippen MR) is 88.6 cm³/mol. The summed E-state index contributed by atoms with van der Waals surface area (Å²) in [7, 11) is 0. The van der Waals surface area contributed by atoms with Crippen LogP contribution in [0.2, 0.25) is 0 Å². The van der Waals surface area contributed by atoms with Crippen molar-refractivity contribution in [3.05, 3.63) is 33.8 Å². The van der Waals surface area contributed by atoms with E-state index in [0.717, 1.165) is 28.0 Å². The number of aryl methyl sites for hydroxylation is 1. The quantitative estimate of drug-likeness (QED) is 0.883. The predicted octanol–water partition coefficient (Wildman–Crippen LogP) is 2.92. The number of nitrogens with one attached hydrogen (secondary N) is 1. The number of amides is 1. The van der Waals surface area contributed by atoms with E-state index < -0.39 is 0 Å². The van der Waals surface area contributed by atoms with Gasteiger partial charge in [0.05, 0.1) is 28.6 Å². The highest BCUT2D eigenvalue weighted by Gasteiger charge is 2.22. The number of hydrogen-bond donors (Lipinski definition) is 1. The molecule has 2 aromatic rings. The number of rotatable bonds is 5. The van der Waals surface area contributed by atoms with Gasteiger partial charge in [-0.25, -0.2) is 0 Å². The highest BCUT2D eigenvalue weighted by Crippen LogP contribution is 2.21. The van der Waals surface area contributed by atoms with Crippen LogP contribution in [0.1, 0.15) is 49.8 Å². The van der Waals surface area contributed by atoms with E-state index in [-0.39, 0.29) is 18.0 Å². The maximum Gasteiger partial charge on any atom is 0.245 e. The van der Waals surface area contributed by atoms with Gasteiger partial charge < -0.3 is 5.32 Å². The van der Waals surface area contributed by atoms with Crippen LogP contribution in [-0.2, 0) is 11.3 Å². The zero-order chi connectivity index (χ0) is 16.4. The molecule has 6 nitrogen and oxygen atoms in total. The lowest BCUT2D eigenvalue weighted by Crippen LogP contribution is -2.34. The molecule has 0 aromatic carbocycles. The fourth-order valence-corrected chi connectivity index (χ4v) is 2.79. The molecular weight excluding hydrogens is 346 g/mol. The van der Waals surface area contributed by atoms with E-state index in [1.807, 2.05) is 45.5 Å². The van der Waals surface area contributed by atoms with Crippen molar-refractivity contribution < 1.29 is 4.79 Å². The average Bonchev–Trinajstić information content (AvgIpc) is 3.02. The van der Waals surface area contributed by atoms with Crippen molar-refractivity contribution in [3.63, 3.8) is 0 Å². The first-order valence-electron chi connectivity index (χ1n) is 7.39. The third kappa shape index (κ3) is 3.09. The summed E-state index contributed by atoms with van der Waals surface area (Å²) in [4.78, 5) is 12.5. The molecule has 2 heterocycles. The first-order valence-corrected chi connectivity index (χ1v) is 8.18. The minimum atomic E-state index is -0.365. The lowest BCUT2D eigenvalue weighted by Gasteiger charge is -2.19. The van der Waals surface area contributed by atoms with Crippen molar-refractivity contribution in [2.24, 2.45) is 0 Å². The Labute approximate surface area is 139 Å². The molecule has 0 aliphatic rings. The number of aromatic nitrogens is 4. The molecule has 2 rings (SSSR count). The number of halogens is 1. The van der Waals surface area contributed by atoms with Crippen molar-refractivity contribution in [2.75, 3.05) is 0 Å². The van der Waals surface area contributed by atoms with E-state index in [1.165, 1.54) is 0 Å². The summed E-state index contributed by atoms with van der Waals surface area (Å²) in [5, 5.41) is 11.6. The number of carbonyl (C=O) groups excluding carboxylic acids is 1. The lowest BCUT2D eigenvalue weighted by molar-refractivity contribution is -0.124. The van der Waals surface area contributed by atoms with Crippen molar-refractivity contribution in [1.29, 1.82) is 0 Å². The molecule has 1 amide bonds. The second kappa shape index (κ2) is 6.64. The molecule has 0 spiro atoms. The molecule has 0 saturated carbocycles. The van der Waals surface area contributed by atoms with E-state index in [9.17, 15) is 4.79 Å².